The van der Waals surface area contributed by atoms with E-state index in [9.17, 15) is 4.79 Å². The predicted molar refractivity (Wildman–Crippen MR) is 97.8 cm³/mol. The first kappa shape index (κ1) is 15.9. The van der Waals surface area contributed by atoms with Gasteiger partial charge in [0.1, 0.15) is 12.3 Å². The molecule has 1 aliphatic rings. The van der Waals surface area contributed by atoms with E-state index in [2.05, 4.69) is 13.8 Å². The molecule has 2 aromatic carbocycles. The summed E-state index contributed by atoms with van der Waals surface area (Å²) in [5.41, 5.74) is 3.25. The Balaban J connectivity index is 1.91. The summed E-state index contributed by atoms with van der Waals surface area (Å²) in [6, 6.07) is 16.0. The lowest BCUT2D eigenvalue weighted by Crippen LogP contribution is -3.15. The van der Waals surface area contributed by atoms with Gasteiger partial charge in [0.05, 0.1) is 11.6 Å². The molecule has 1 aliphatic heterocycles. The third kappa shape index (κ3) is 2.83. The van der Waals surface area contributed by atoms with Crippen LogP contribution in [0.15, 0.2) is 57.7 Å². The number of ether oxygens (including phenoxy) is 1. The van der Waals surface area contributed by atoms with Crippen molar-refractivity contribution in [1.29, 1.82) is 0 Å². The number of quaternary nitrogens is 1. The zero-order chi connectivity index (χ0) is 17.4. The number of rotatable bonds is 3. The van der Waals surface area contributed by atoms with Crippen LogP contribution in [0.5, 0.6) is 5.75 Å². The second kappa shape index (κ2) is 6.37. The van der Waals surface area contributed by atoms with Gasteiger partial charge in [-0.15, -0.1) is 0 Å². The SMILES string of the molecule is CC[C@H](C)[NH+]1COc2ccc3c(-c4ccccc4)cc(=O)oc3c2C1. The summed E-state index contributed by atoms with van der Waals surface area (Å²) in [7, 11) is 0. The number of hydrogen-bond donors (Lipinski definition) is 1. The molecule has 3 aromatic rings. The molecule has 0 aliphatic carbocycles. The number of benzene rings is 2. The maximum atomic E-state index is 12.2. The molecule has 0 saturated heterocycles. The Kier molecular flexibility index (Phi) is 4.06. The van der Waals surface area contributed by atoms with Crippen molar-refractivity contribution in [2.45, 2.75) is 32.9 Å². The van der Waals surface area contributed by atoms with Crippen LogP contribution >= 0.6 is 0 Å². The fraction of sp³-hybridized carbons (Fsp3) is 0.286. The van der Waals surface area contributed by atoms with Crippen LogP contribution in [0.4, 0.5) is 0 Å². The van der Waals surface area contributed by atoms with Crippen LogP contribution in [0, 0.1) is 0 Å². The highest BCUT2D eigenvalue weighted by Crippen LogP contribution is 2.33. The van der Waals surface area contributed by atoms with E-state index in [4.69, 9.17) is 9.15 Å². The van der Waals surface area contributed by atoms with Crippen molar-refractivity contribution in [3.8, 4) is 16.9 Å². The van der Waals surface area contributed by atoms with Gasteiger partial charge in [0, 0.05) is 11.5 Å². The number of nitrogens with one attached hydrogen (secondary N) is 1. The molecule has 25 heavy (non-hydrogen) atoms. The van der Waals surface area contributed by atoms with Crippen molar-refractivity contribution in [3.63, 3.8) is 0 Å². The first-order valence-electron chi connectivity index (χ1n) is 8.80. The lowest BCUT2D eigenvalue weighted by molar-refractivity contribution is -0.954. The van der Waals surface area contributed by atoms with Gasteiger partial charge in [0.15, 0.2) is 5.58 Å². The van der Waals surface area contributed by atoms with Crippen molar-refractivity contribution in [1.82, 2.24) is 0 Å². The van der Waals surface area contributed by atoms with Crippen LogP contribution in [-0.4, -0.2) is 12.8 Å². The molecule has 0 fully saturated rings. The van der Waals surface area contributed by atoms with Gasteiger partial charge in [-0.2, -0.15) is 0 Å². The fourth-order valence-electron chi connectivity index (χ4n) is 3.48. The summed E-state index contributed by atoms with van der Waals surface area (Å²) in [5.74, 6) is 0.827. The Bertz CT molecular complexity index is 962. The van der Waals surface area contributed by atoms with Gasteiger partial charge in [0.25, 0.3) is 0 Å². The molecule has 1 unspecified atom stereocenters. The highest BCUT2D eigenvalue weighted by Gasteiger charge is 2.27. The van der Waals surface area contributed by atoms with Crippen LogP contribution < -0.4 is 15.3 Å². The normalized spacial score (nSPS) is 17.8. The maximum absolute atomic E-state index is 12.2. The van der Waals surface area contributed by atoms with Crippen molar-refractivity contribution in [3.05, 3.63) is 64.5 Å². The molecule has 4 rings (SSSR count). The van der Waals surface area contributed by atoms with E-state index in [0.29, 0.717) is 18.4 Å². The number of hydrogen-bond acceptors (Lipinski definition) is 3. The minimum atomic E-state index is -0.324. The van der Waals surface area contributed by atoms with Crippen molar-refractivity contribution >= 4 is 11.0 Å². The average Bonchev–Trinajstić information content (AvgIpc) is 2.67. The first-order valence-corrected chi connectivity index (χ1v) is 8.80. The molecule has 2 atom stereocenters. The molecular weight excluding hydrogens is 314 g/mol. The van der Waals surface area contributed by atoms with E-state index in [1.807, 2.05) is 42.5 Å². The first-order chi connectivity index (χ1) is 12.2. The molecule has 0 saturated carbocycles. The second-order valence-electron chi connectivity index (χ2n) is 6.70. The van der Waals surface area contributed by atoms with Gasteiger partial charge in [-0.05, 0) is 36.6 Å². The minimum absolute atomic E-state index is 0.324. The van der Waals surface area contributed by atoms with Crippen molar-refractivity contribution in [2.75, 3.05) is 6.73 Å². The van der Waals surface area contributed by atoms with Gasteiger partial charge in [-0.25, -0.2) is 4.79 Å². The van der Waals surface area contributed by atoms with E-state index in [0.717, 1.165) is 40.8 Å². The summed E-state index contributed by atoms with van der Waals surface area (Å²) >= 11 is 0. The molecule has 1 aromatic heterocycles. The van der Waals surface area contributed by atoms with Crippen molar-refractivity contribution < 1.29 is 14.1 Å². The van der Waals surface area contributed by atoms with Gasteiger partial charge in [-0.3, -0.25) is 4.90 Å². The van der Waals surface area contributed by atoms with E-state index in [1.165, 1.54) is 4.90 Å². The smallest absolute Gasteiger partial charge is 0.336 e. The largest absolute Gasteiger partial charge is 0.445 e. The Hall–Kier alpha value is -2.59. The van der Waals surface area contributed by atoms with Crippen LogP contribution in [0.1, 0.15) is 25.8 Å². The zero-order valence-corrected chi connectivity index (χ0v) is 14.5. The van der Waals surface area contributed by atoms with E-state index in [-0.39, 0.29) is 5.63 Å². The molecule has 0 amide bonds. The summed E-state index contributed by atoms with van der Waals surface area (Å²) < 4.78 is 11.6. The summed E-state index contributed by atoms with van der Waals surface area (Å²) in [4.78, 5) is 13.6. The topological polar surface area (TPSA) is 43.9 Å². The van der Waals surface area contributed by atoms with Gasteiger partial charge in [0.2, 0.25) is 6.73 Å². The molecule has 4 heteroatoms. The Morgan fingerprint density at radius 3 is 2.72 bits per heavy atom. The Morgan fingerprint density at radius 2 is 1.96 bits per heavy atom. The lowest BCUT2D eigenvalue weighted by Gasteiger charge is -2.30. The molecular formula is C21H22NO3+. The van der Waals surface area contributed by atoms with E-state index >= 15 is 0 Å². The molecule has 0 spiro atoms. The predicted octanol–water partition coefficient (Wildman–Crippen LogP) is 2.99. The quantitative estimate of drug-likeness (QED) is 0.748. The van der Waals surface area contributed by atoms with Crippen LogP contribution in [-0.2, 0) is 6.54 Å². The molecule has 0 bridgehead atoms. The van der Waals surface area contributed by atoms with Crippen LogP contribution in [0.3, 0.4) is 0 Å². The van der Waals surface area contributed by atoms with E-state index in [1.54, 1.807) is 6.07 Å². The highest BCUT2D eigenvalue weighted by molar-refractivity contribution is 5.95. The second-order valence-corrected chi connectivity index (χ2v) is 6.70. The van der Waals surface area contributed by atoms with Gasteiger partial charge < -0.3 is 9.15 Å². The standard InChI is InChI=1S/C21H21NO3/c1-3-14(2)22-12-18-19(24-13-22)10-9-16-17(11-20(23)25-21(16)18)15-7-5-4-6-8-15/h4-11,14H,3,12-13H2,1-2H3/p+1/t14-/m0/s1. The van der Waals surface area contributed by atoms with Crippen LogP contribution in [0.2, 0.25) is 0 Å². The summed E-state index contributed by atoms with van der Waals surface area (Å²) in [5, 5.41) is 0.957. The Morgan fingerprint density at radius 1 is 1.16 bits per heavy atom. The molecule has 4 nitrogen and oxygen atoms in total. The molecule has 0 radical (unpaired) electrons. The van der Waals surface area contributed by atoms with E-state index < -0.39 is 0 Å². The number of fused-ring (bicyclic) bond motifs is 3. The zero-order valence-electron chi connectivity index (χ0n) is 14.5. The lowest BCUT2D eigenvalue weighted by atomic mass is 9.99. The highest BCUT2D eigenvalue weighted by atomic mass is 16.5. The minimum Gasteiger partial charge on any atom is -0.445 e. The molecule has 128 valence electrons. The van der Waals surface area contributed by atoms with Gasteiger partial charge >= 0.3 is 5.63 Å². The summed E-state index contributed by atoms with van der Waals surface area (Å²) in [6.45, 7) is 5.86. The van der Waals surface area contributed by atoms with Gasteiger partial charge in [-0.1, -0.05) is 37.3 Å². The fourth-order valence-corrected chi connectivity index (χ4v) is 3.48. The third-order valence-corrected chi connectivity index (χ3v) is 5.18. The van der Waals surface area contributed by atoms with Crippen LogP contribution in [0.25, 0.3) is 22.1 Å². The average molecular weight is 336 g/mol. The van der Waals surface area contributed by atoms with Crippen molar-refractivity contribution in [2.24, 2.45) is 0 Å². The summed E-state index contributed by atoms with van der Waals surface area (Å²) in [6.07, 6.45) is 1.08. The molecule has 2 heterocycles. The molecule has 1 N–H and O–H groups in total. The monoisotopic (exact) mass is 336 g/mol. The maximum Gasteiger partial charge on any atom is 0.336 e. The Labute approximate surface area is 146 Å². The third-order valence-electron chi connectivity index (χ3n) is 5.18.